The second kappa shape index (κ2) is 17.8. The van der Waals surface area contributed by atoms with Crippen LogP contribution in [0.25, 0.3) is 0 Å². The molecule has 0 aliphatic carbocycles. The maximum absolute atomic E-state index is 14.4. The van der Waals surface area contributed by atoms with Crippen molar-refractivity contribution >= 4 is 48.3 Å². The number of hydrogen-bond acceptors (Lipinski definition) is 7. The standard InChI is InChI=1S/C41H46FN3O6S2/c1-39(2,3)51-38(50)44-33(26-53-41(28-15-9-6-10-16-28,29-17-11-7-12-18-29)30-19-13-8-14-20-30)36(47)43-32(25-27-21-23-31(42)24-22-27)35(46)45-34(37(48)49)40(4,5)52/h6-24,32-34,52H,25-26H2,1-5H3,(H,43,47)(H,44,50)(H,45,46)(H,48,49)/t32-,33+,34-/m0/s1. The molecule has 0 bridgehead atoms. The van der Waals surface area contributed by atoms with E-state index in [-0.39, 0.29) is 12.2 Å². The zero-order chi connectivity index (χ0) is 38.8. The van der Waals surface area contributed by atoms with Crippen molar-refractivity contribution in [3.05, 3.63) is 143 Å². The molecule has 9 nitrogen and oxygen atoms in total. The minimum Gasteiger partial charge on any atom is -0.480 e. The van der Waals surface area contributed by atoms with Crippen LogP contribution in [0, 0.1) is 5.82 Å². The highest BCUT2D eigenvalue weighted by Gasteiger charge is 2.40. The Hall–Kier alpha value is -4.81. The lowest BCUT2D eigenvalue weighted by Gasteiger charge is -2.36. The monoisotopic (exact) mass is 759 g/mol. The van der Waals surface area contributed by atoms with Crippen molar-refractivity contribution in [2.75, 3.05) is 5.75 Å². The fraction of sp³-hybridized carbons (Fsp3) is 0.317. The molecule has 0 unspecified atom stereocenters. The van der Waals surface area contributed by atoms with Crippen molar-refractivity contribution < 1.29 is 33.4 Å². The van der Waals surface area contributed by atoms with Gasteiger partial charge in [0.2, 0.25) is 11.8 Å². The molecule has 0 saturated heterocycles. The first-order valence-electron chi connectivity index (χ1n) is 17.1. The maximum Gasteiger partial charge on any atom is 0.408 e. The zero-order valence-electron chi connectivity index (χ0n) is 30.3. The summed E-state index contributed by atoms with van der Waals surface area (Å²) in [5, 5.41) is 17.9. The molecular weight excluding hydrogens is 714 g/mol. The van der Waals surface area contributed by atoms with Crippen LogP contribution < -0.4 is 16.0 Å². The molecule has 3 amide bonds. The Kier molecular flexibility index (Phi) is 13.8. The lowest BCUT2D eigenvalue weighted by atomic mass is 9.84. The van der Waals surface area contributed by atoms with Crippen molar-refractivity contribution in [1.29, 1.82) is 0 Å². The molecule has 0 heterocycles. The lowest BCUT2D eigenvalue weighted by Crippen LogP contribution is -2.59. The Balaban J connectivity index is 1.76. The van der Waals surface area contributed by atoms with Gasteiger partial charge in [-0.25, -0.2) is 14.0 Å². The summed E-state index contributed by atoms with van der Waals surface area (Å²) in [6.07, 6.45) is -0.948. The average molecular weight is 760 g/mol. The predicted molar refractivity (Wildman–Crippen MR) is 209 cm³/mol. The van der Waals surface area contributed by atoms with E-state index in [1.807, 2.05) is 91.0 Å². The van der Waals surface area contributed by atoms with Gasteiger partial charge in [0.25, 0.3) is 0 Å². The quantitative estimate of drug-likeness (QED) is 0.0669. The zero-order valence-corrected chi connectivity index (χ0v) is 32.0. The Morgan fingerprint density at radius 3 is 1.57 bits per heavy atom. The first-order chi connectivity index (χ1) is 25.0. The number of halogens is 1. The topological polar surface area (TPSA) is 134 Å². The molecule has 0 aromatic heterocycles. The number of aliphatic carboxylic acids is 1. The molecular formula is C41H46FN3O6S2. The van der Waals surface area contributed by atoms with Gasteiger partial charge in [0.15, 0.2) is 0 Å². The smallest absolute Gasteiger partial charge is 0.408 e. The maximum atomic E-state index is 14.4. The largest absolute Gasteiger partial charge is 0.480 e. The minimum absolute atomic E-state index is 0.00999. The summed E-state index contributed by atoms with van der Waals surface area (Å²) < 4.78 is 17.3. The summed E-state index contributed by atoms with van der Waals surface area (Å²) in [5.41, 5.74) is 2.42. The van der Waals surface area contributed by atoms with Crippen LogP contribution >= 0.6 is 24.4 Å². The molecule has 12 heteroatoms. The number of amides is 3. The van der Waals surface area contributed by atoms with E-state index < -0.39 is 62.9 Å². The number of carbonyl (C=O) groups excluding carboxylic acids is 3. The van der Waals surface area contributed by atoms with E-state index in [9.17, 15) is 28.7 Å². The Labute approximate surface area is 319 Å². The molecule has 0 radical (unpaired) electrons. The molecule has 4 rings (SSSR count). The fourth-order valence-corrected chi connectivity index (χ4v) is 7.47. The van der Waals surface area contributed by atoms with Gasteiger partial charge in [-0.15, -0.1) is 11.8 Å². The van der Waals surface area contributed by atoms with Crippen LogP contribution in [0.4, 0.5) is 9.18 Å². The van der Waals surface area contributed by atoms with Gasteiger partial charge in [0.1, 0.15) is 29.5 Å². The van der Waals surface area contributed by atoms with E-state index in [0.717, 1.165) is 16.7 Å². The van der Waals surface area contributed by atoms with Gasteiger partial charge in [-0.1, -0.05) is 103 Å². The summed E-state index contributed by atoms with van der Waals surface area (Å²) >= 11 is 5.80. The van der Waals surface area contributed by atoms with Gasteiger partial charge in [0, 0.05) is 16.9 Å². The van der Waals surface area contributed by atoms with Crippen molar-refractivity contribution in [3.63, 3.8) is 0 Å². The van der Waals surface area contributed by atoms with E-state index in [1.165, 1.54) is 36.0 Å². The van der Waals surface area contributed by atoms with Crippen molar-refractivity contribution in [3.8, 4) is 0 Å². The molecule has 4 aromatic rings. The number of alkyl carbamates (subject to hydrolysis) is 1. The van der Waals surface area contributed by atoms with E-state index in [2.05, 4.69) is 28.6 Å². The second-order valence-electron chi connectivity index (χ2n) is 14.1. The molecule has 280 valence electrons. The fourth-order valence-electron chi connectivity index (χ4n) is 5.73. The van der Waals surface area contributed by atoms with Crippen LogP contribution in [0.3, 0.4) is 0 Å². The number of carbonyl (C=O) groups is 4. The molecule has 3 atom stereocenters. The van der Waals surface area contributed by atoms with Crippen LogP contribution in [0.2, 0.25) is 0 Å². The molecule has 0 saturated carbocycles. The van der Waals surface area contributed by atoms with Crippen LogP contribution in [0.5, 0.6) is 0 Å². The van der Waals surface area contributed by atoms with Gasteiger partial charge < -0.3 is 25.8 Å². The number of hydrogen-bond donors (Lipinski definition) is 5. The van der Waals surface area contributed by atoms with Crippen molar-refractivity contribution in [2.45, 2.75) is 74.3 Å². The SMILES string of the molecule is CC(C)(C)OC(=O)N[C@H](CSC(c1ccccc1)(c1ccccc1)c1ccccc1)C(=O)N[C@@H](Cc1ccc(F)cc1)C(=O)N[C@@H](C(=O)O)C(C)(C)S. The number of nitrogens with one attached hydrogen (secondary N) is 3. The highest BCUT2D eigenvalue weighted by Crippen LogP contribution is 2.48. The summed E-state index contributed by atoms with van der Waals surface area (Å²) in [6.45, 7) is 8.18. The third-order valence-corrected chi connectivity index (χ3v) is 10.1. The third kappa shape index (κ3) is 11.3. The summed E-state index contributed by atoms with van der Waals surface area (Å²) in [4.78, 5) is 53.6. The number of carboxylic acids is 1. The molecule has 0 aliphatic rings. The van der Waals surface area contributed by atoms with Crippen LogP contribution in [-0.2, 0) is 30.3 Å². The Bertz CT molecular complexity index is 1740. The van der Waals surface area contributed by atoms with Gasteiger partial charge in [-0.05, 0) is 69.0 Å². The van der Waals surface area contributed by atoms with Crippen LogP contribution in [0.1, 0.15) is 56.9 Å². The first kappa shape index (κ1) is 41.0. The molecule has 4 aromatic carbocycles. The lowest BCUT2D eigenvalue weighted by molar-refractivity contribution is -0.143. The van der Waals surface area contributed by atoms with Gasteiger partial charge >= 0.3 is 12.1 Å². The number of thioether (sulfide) groups is 1. The first-order valence-corrected chi connectivity index (χ1v) is 18.5. The number of carboxylic acid groups (broad SMARTS) is 1. The van der Waals surface area contributed by atoms with Crippen molar-refractivity contribution in [1.82, 2.24) is 16.0 Å². The molecule has 4 N–H and O–H groups in total. The number of thiol groups is 1. The van der Waals surface area contributed by atoms with E-state index in [1.54, 1.807) is 34.6 Å². The second-order valence-corrected chi connectivity index (χ2v) is 16.5. The number of ether oxygens (including phenoxy) is 1. The normalized spacial score (nSPS) is 13.6. The van der Waals surface area contributed by atoms with Crippen LogP contribution in [-0.4, -0.2) is 63.2 Å². The van der Waals surface area contributed by atoms with Gasteiger partial charge in [-0.3, -0.25) is 9.59 Å². The summed E-state index contributed by atoms with van der Waals surface area (Å²) in [5.74, 6) is -3.31. The molecule has 0 fully saturated rings. The summed E-state index contributed by atoms with van der Waals surface area (Å²) in [7, 11) is 0. The average Bonchev–Trinajstić information content (AvgIpc) is 3.10. The van der Waals surface area contributed by atoms with E-state index in [4.69, 9.17) is 4.74 Å². The third-order valence-electron chi connectivity index (χ3n) is 8.24. The van der Waals surface area contributed by atoms with Gasteiger partial charge in [0.05, 0.1) is 4.75 Å². The molecule has 0 spiro atoms. The number of benzene rings is 4. The van der Waals surface area contributed by atoms with E-state index >= 15 is 0 Å². The number of rotatable bonds is 15. The Morgan fingerprint density at radius 1 is 0.698 bits per heavy atom. The Morgan fingerprint density at radius 2 is 1.15 bits per heavy atom. The molecule has 0 aliphatic heterocycles. The van der Waals surface area contributed by atoms with E-state index in [0.29, 0.717) is 5.56 Å². The highest BCUT2D eigenvalue weighted by atomic mass is 32.2. The minimum atomic E-state index is -1.42. The van der Waals surface area contributed by atoms with Crippen molar-refractivity contribution in [2.24, 2.45) is 0 Å². The van der Waals surface area contributed by atoms with Crippen LogP contribution in [0.15, 0.2) is 115 Å². The predicted octanol–water partition coefficient (Wildman–Crippen LogP) is 6.75. The molecule has 53 heavy (non-hydrogen) atoms. The highest BCUT2D eigenvalue weighted by molar-refractivity contribution is 8.00. The van der Waals surface area contributed by atoms with Gasteiger partial charge in [-0.2, -0.15) is 12.6 Å². The summed E-state index contributed by atoms with van der Waals surface area (Å²) in [6, 6.07) is 30.9.